The Morgan fingerprint density at radius 2 is 2.24 bits per heavy atom. The van der Waals surface area contributed by atoms with E-state index in [2.05, 4.69) is 5.10 Å². The van der Waals surface area contributed by atoms with Crippen molar-refractivity contribution in [2.24, 2.45) is 5.73 Å². The number of nitrogens with one attached hydrogen (secondary N) is 1. The van der Waals surface area contributed by atoms with Crippen LogP contribution in [-0.4, -0.2) is 21.5 Å². The van der Waals surface area contributed by atoms with E-state index in [1.807, 2.05) is 31.2 Å². The number of aromatic nitrogens is 2. The Labute approximate surface area is 98.5 Å². The molecule has 0 aliphatic heterocycles. The third-order valence-corrected chi connectivity index (χ3v) is 2.60. The summed E-state index contributed by atoms with van der Waals surface area (Å²) in [4.78, 5) is 11.8. The molecule has 1 atom stereocenters. The van der Waals surface area contributed by atoms with Crippen molar-refractivity contribution in [3.63, 3.8) is 0 Å². The van der Waals surface area contributed by atoms with Gasteiger partial charge in [-0.25, -0.2) is 4.68 Å². The highest BCUT2D eigenvalue weighted by atomic mass is 16.3. The lowest BCUT2D eigenvalue weighted by molar-refractivity contribution is 0.265. The van der Waals surface area contributed by atoms with Gasteiger partial charge in [0, 0.05) is 6.07 Å². The van der Waals surface area contributed by atoms with Crippen LogP contribution in [-0.2, 0) is 0 Å². The Kier molecular flexibility index (Phi) is 3.12. The number of aliphatic hydroxyl groups excluding tert-OH is 1. The summed E-state index contributed by atoms with van der Waals surface area (Å²) in [6.45, 7) is 1.76. The van der Waals surface area contributed by atoms with E-state index in [4.69, 9.17) is 10.8 Å². The Morgan fingerprint density at radius 1 is 1.47 bits per heavy atom. The van der Waals surface area contributed by atoms with Crippen molar-refractivity contribution >= 4 is 0 Å². The smallest absolute Gasteiger partial charge is 0.271 e. The molecule has 17 heavy (non-hydrogen) atoms. The molecule has 0 saturated heterocycles. The van der Waals surface area contributed by atoms with Crippen molar-refractivity contribution in [3.05, 3.63) is 51.9 Å². The number of benzene rings is 1. The van der Waals surface area contributed by atoms with Gasteiger partial charge in [0.2, 0.25) is 0 Å². The maximum absolute atomic E-state index is 11.8. The van der Waals surface area contributed by atoms with E-state index in [1.165, 1.54) is 10.7 Å². The SMILES string of the molecule is Cc1cccc(-n2[nH]c(C(N)CO)cc2=O)c1. The summed E-state index contributed by atoms with van der Waals surface area (Å²) in [6.07, 6.45) is 0. The number of H-pyrrole nitrogens is 1. The Balaban J connectivity index is 2.46. The molecule has 0 amide bonds. The first kappa shape index (κ1) is 11.6. The second-order valence-corrected chi connectivity index (χ2v) is 4.01. The summed E-state index contributed by atoms with van der Waals surface area (Å²) in [5.41, 5.74) is 7.81. The second-order valence-electron chi connectivity index (χ2n) is 4.01. The van der Waals surface area contributed by atoms with E-state index in [-0.39, 0.29) is 12.2 Å². The number of aliphatic hydroxyl groups is 1. The highest BCUT2D eigenvalue weighted by Crippen LogP contribution is 2.09. The number of rotatable bonds is 3. The third-order valence-electron chi connectivity index (χ3n) is 2.60. The standard InChI is InChI=1S/C12H15N3O2/c1-8-3-2-4-9(5-8)15-12(17)6-11(14-15)10(13)7-16/h2-6,10,14,16H,7,13H2,1H3. The molecular weight excluding hydrogens is 218 g/mol. The summed E-state index contributed by atoms with van der Waals surface area (Å²) in [5.74, 6) is 0. The van der Waals surface area contributed by atoms with Crippen molar-refractivity contribution in [2.75, 3.05) is 6.61 Å². The predicted octanol–water partition coefficient (Wildman–Crippen LogP) is 0.466. The molecule has 1 heterocycles. The van der Waals surface area contributed by atoms with Crippen LogP contribution in [0.4, 0.5) is 0 Å². The van der Waals surface area contributed by atoms with Gasteiger partial charge in [-0.1, -0.05) is 12.1 Å². The molecule has 1 aromatic carbocycles. The molecule has 0 bridgehead atoms. The van der Waals surface area contributed by atoms with Crippen LogP contribution >= 0.6 is 0 Å². The molecule has 0 fully saturated rings. The van der Waals surface area contributed by atoms with E-state index < -0.39 is 6.04 Å². The fraction of sp³-hybridized carbons (Fsp3) is 0.250. The lowest BCUT2D eigenvalue weighted by Crippen LogP contribution is -2.15. The van der Waals surface area contributed by atoms with Gasteiger partial charge in [0.25, 0.3) is 5.56 Å². The molecule has 1 unspecified atom stereocenters. The van der Waals surface area contributed by atoms with Gasteiger partial charge >= 0.3 is 0 Å². The summed E-state index contributed by atoms with van der Waals surface area (Å²) in [7, 11) is 0. The average molecular weight is 233 g/mol. The zero-order chi connectivity index (χ0) is 12.4. The van der Waals surface area contributed by atoms with E-state index in [0.29, 0.717) is 5.69 Å². The van der Waals surface area contributed by atoms with Gasteiger partial charge in [-0.15, -0.1) is 0 Å². The molecule has 4 N–H and O–H groups in total. The molecule has 0 aliphatic rings. The molecule has 5 heteroatoms. The fourth-order valence-electron chi connectivity index (χ4n) is 1.66. The minimum Gasteiger partial charge on any atom is -0.394 e. The third kappa shape index (κ3) is 2.30. The van der Waals surface area contributed by atoms with E-state index >= 15 is 0 Å². The number of nitrogens with two attached hydrogens (primary N) is 1. The predicted molar refractivity (Wildman–Crippen MR) is 65.1 cm³/mol. The van der Waals surface area contributed by atoms with Crippen molar-refractivity contribution in [3.8, 4) is 5.69 Å². The first-order valence-corrected chi connectivity index (χ1v) is 5.37. The van der Waals surface area contributed by atoms with Crippen molar-refractivity contribution in [1.82, 2.24) is 9.78 Å². The van der Waals surface area contributed by atoms with Gasteiger partial charge in [-0.2, -0.15) is 0 Å². The van der Waals surface area contributed by atoms with Crippen LogP contribution in [0, 0.1) is 6.92 Å². The van der Waals surface area contributed by atoms with Crippen molar-refractivity contribution in [1.29, 1.82) is 0 Å². The molecule has 0 spiro atoms. The average Bonchev–Trinajstić information content (AvgIpc) is 2.70. The summed E-state index contributed by atoms with van der Waals surface area (Å²) >= 11 is 0. The van der Waals surface area contributed by atoms with Crippen molar-refractivity contribution < 1.29 is 5.11 Å². The van der Waals surface area contributed by atoms with Gasteiger partial charge in [-0.05, 0) is 24.6 Å². The molecule has 0 radical (unpaired) electrons. The number of aromatic amines is 1. The lowest BCUT2D eigenvalue weighted by Gasteiger charge is -2.06. The normalized spacial score (nSPS) is 12.6. The number of nitrogens with zero attached hydrogens (tertiary/aromatic N) is 1. The Bertz CT molecular complexity index is 571. The van der Waals surface area contributed by atoms with Crippen molar-refractivity contribution in [2.45, 2.75) is 13.0 Å². The van der Waals surface area contributed by atoms with E-state index in [1.54, 1.807) is 0 Å². The minimum atomic E-state index is -0.561. The Hall–Kier alpha value is -1.85. The van der Waals surface area contributed by atoms with Crippen LogP contribution in [0.3, 0.4) is 0 Å². The molecular formula is C12H15N3O2. The maximum atomic E-state index is 11.8. The highest BCUT2D eigenvalue weighted by Gasteiger charge is 2.10. The second kappa shape index (κ2) is 4.57. The van der Waals surface area contributed by atoms with E-state index in [9.17, 15) is 4.79 Å². The van der Waals surface area contributed by atoms with Gasteiger partial charge < -0.3 is 10.8 Å². The molecule has 0 aliphatic carbocycles. The van der Waals surface area contributed by atoms with Crippen LogP contribution < -0.4 is 11.3 Å². The number of hydrogen-bond donors (Lipinski definition) is 3. The zero-order valence-electron chi connectivity index (χ0n) is 9.55. The van der Waals surface area contributed by atoms with E-state index in [0.717, 1.165) is 11.3 Å². The molecule has 0 saturated carbocycles. The number of hydrogen-bond acceptors (Lipinski definition) is 3. The molecule has 2 aromatic rings. The fourth-order valence-corrected chi connectivity index (χ4v) is 1.66. The van der Waals surface area contributed by atoms with Crippen LogP contribution in [0.2, 0.25) is 0 Å². The monoisotopic (exact) mass is 233 g/mol. The van der Waals surface area contributed by atoms with Gasteiger partial charge in [0.1, 0.15) is 0 Å². The summed E-state index contributed by atoms with van der Waals surface area (Å²) in [6, 6.07) is 8.41. The van der Waals surface area contributed by atoms with Crippen LogP contribution in [0.1, 0.15) is 17.3 Å². The van der Waals surface area contributed by atoms with Gasteiger partial charge in [-0.3, -0.25) is 9.89 Å². The van der Waals surface area contributed by atoms with Crippen LogP contribution in [0.25, 0.3) is 5.69 Å². The zero-order valence-corrected chi connectivity index (χ0v) is 9.55. The number of aryl methyl sites for hydroxylation is 1. The largest absolute Gasteiger partial charge is 0.394 e. The quantitative estimate of drug-likeness (QED) is 0.720. The highest BCUT2D eigenvalue weighted by molar-refractivity contribution is 5.34. The molecule has 2 rings (SSSR count). The maximum Gasteiger partial charge on any atom is 0.271 e. The first-order valence-electron chi connectivity index (χ1n) is 5.37. The summed E-state index contributed by atoms with van der Waals surface area (Å²) < 4.78 is 1.41. The first-order chi connectivity index (χ1) is 8.11. The molecule has 90 valence electrons. The lowest BCUT2D eigenvalue weighted by atomic mass is 10.2. The molecule has 1 aromatic heterocycles. The molecule has 5 nitrogen and oxygen atoms in total. The van der Waals surface area contributed by atoms with Crippen LogP contribution in [0.15, 0.2) is 35.1 Å². The topological polar surface area (TPSA) is 84.0 Å². The summed E-state index contributed by atoms with van der Waals surface area (Å²) in [5, 5.41) is 11.8. The minimum absolute atomic E-state index is 0.186. The van der Waals surface area contributed by atoms with Gasteiger partial charge in [0.05, 0.1) is 24.0 Å². The van der Waals surface area contributed by atoms with Gasteiger partial charge in [0.15, 0.2) is 0 Å². The van der Waals surface area contributed by atoms with Crippen LogP contribution in [0.5, 0.6) is 0 Å². The Morgan fingerprint density at radius 3 is 2.88 bits per heavy atom.